The van der Waals surface area contributed by atoms with Gasteiger partial charge in [0, 0.05) is 0 Å². The maximum atomic E-state index is 2.34. The van der Waals surface area contributed by atoms with Crippen molar-refractivity contribution < 1.29 is 0 Å². The Morgan fingerprint density at radius 3 is 1.14 bits per heavy atom. The van der Waals surface area contributed by atoms with Crippen LogP contribution < -0.4 is 0 Å². The molecule has 0 aromatic heterocycles. The zero-order chi connectivity index (χ0) is 9.94. The molecule has 0 atom stereocenters. The van der Waals surface area contributed by atoms with Crippen molar-refractivity contribution in [3.05, 3.63) is 0 Å². The molecule has 0 spiro atoms. The van der Waals surface area contributed by atoms with Crippen molar-refractivity contribution in [3.63, 3.8) is 0 Å². The average molecular weight is 299 g/mol. The maximum absolute atomic E-state index is 2.34. The van der Waals surface area contributed by atoms with Crippen molar-refractivity contribution in [3.8, 4) is 0 Å². The molecular formula is C12H29LiSn. The predicted octanol–water partition coefficient (Wildman–Crippen LogP) is 3.97. The molecule has 0 N–H and O–H groups in total. The van der Waals surface area contributed by atoms with Crippen molar-refractivity contribution in [2.75, 3.05) is 0 Å². The summed E-state index contributed by atoms with van der Waals surface area (Å²) < 4.78 is 5.08. The third-order valence-electron chi connectivity index (χ3n) is 2.90. The number of unbranched alkanes of at least 4 members (excludes halogenated alkanes) is 3. The topological polar surface area (TPSA) is 0 Å². The molecule has 0 aromatic carbocycles. The second-order valence-electron chi connectivity index (χ2n) is 4.29. The van der Waals surface area contributed by atoms with Crippen molar-refractivity contribution in [2.24, 2.45) is 0 Å². The third kappa shape index (κ3) is 11.5. The molecule has 0 saturated carbocycles. The molecule has 0 unspecified atom stereocenters. The number of hydrogen-bond acceptors (Lipinski definition) is 0. The quantitative estimate of drug-likeness (QED) is 0.565. The van der Waals surface area contributed by atoms with Crippen LogP contribution in [0.15, 0.2) is 0 Å². The zero-order valence-electron chi connectivity index (χ0n) is 9.94. The van der Waals surface area contributed by atoms with Crippen LogP contribution in [-0.4, -0.2) is 38.6 Å². The summed E-state index contributed by atoms with van der Waals surface area (Å²) in [4.78, 5) is 0. The Morgan fingerprint density at radius 1 is 0.643 bits per heavy atom. The third-order valence-corrected chi connectivity index (χ3v) is 13.4. The molecule has 0 saturated heterocycles. The summed E-state index contributed by atoms with van der Waals surface area (Å²) in [6.07, 6.45) is 8.87. The molecule has 0 aliphatic rings. The SMILES string of the molecule is CCC[CH2][SnH]([CH2]CCC)[CH2]CCC.[LiH]. The summed E-state index contributed by atoms with van der Waals surface area (Å²) in [5.74, 6) is 0. The van der Waals surface area contributed by atoms with E-state index in [1.807, 2.05) is 0 Å². The Kier molecular flexibility index (Phi) is 18.3. The molecule has 0 aliphatic heterocycles. The van der Waals surface area contributed by atoms with Crippen LogP contribution in [0.25, 0.3) is 0 Å². The first-order valence-electron chi connectivity index (χ1n) is 6.35. The standard InChI is InChI=1S/3C4H9.Li.Sn.2H/c3*1-3-4-2;;;;/h3*1,3-4H2,2H3;;;;. The van der Waals surface area contributed by atoms with Crippen LogP contribution in [0.5, 0.6) is 0 Å². The van der Waals surface area contributed by atoms with E-state index in [0.29, 0.717) is 0 Å². The van der Waals surface area contributed by atoms with E-state index in [0.717, 1.165) is 0 Å². The first-order chi connectivity index (χ1) is 6.35. The van der Waals surface area contributed by atoms with Gasteiger partial charge < -0.3 is 0 Å². The van der Waals surface area contributed by atoms with Gasteiger partial charge in [0.1, 0.15) is 0 Å². The molecule has 0 amide bonds. The van der Waals surface area contributed by atoms with Crippen LogP contribution in [0.2, 0.25) is 13.3 Å². The van der Waals surface area contributed by atoms with Crippen LogP contribution in [0.4, 0.5) is 0 Å². The molecule has 0 fully saturated rings. The van der Waals surface area contributed by atoms with Gasteiger partial charge in [-0.3, -0.25) is 0 Å². The van der Waals surface area contributed by atoms with E-state index in [4.69, 9.17) is 0 Å². The van der Waals surface area contributed by atoms with E-state index in [1.165, 1.54) is 38.5 Å². The van der Waals surface area contributed by atoms with E-state index >= 15 is 0 Å². The fourth-order valence-electron chi connectivity index (χ4n) is 1.91. The molecule has 0 aliphatic carbocycles. The minimum atomic E-state index is -0.967. The molecule has 0 bridgehead atoms. The molecule has 2 heteroatoms. The Labute approximate surface area is 111 Å². The molecule has 0 rings (SSSR count). The Balaban J connectivity index is 0. The minimum absolute atomic E-state index is 0. The van der Waals surface area contributed by atoms with E-state index in [2.05, 4.69) is 20.8 Å². The molecule has 82 valence electrons. The first-order valence-corrected chi connectivity index (χ1v) is 13.3. The van der Waals surface area contributed by atoms with Crippen molar-refractivity contribution in [1.29, 1.82) is 0 Å². The van der Waals surface area contributed by atoms with E-state index in [9.17, 15) is 0 Å². The normalized spacial score (nSPS) is 10.3. The van der Waals surface area contributed by atoms with Crippen LogP contribution in [0, 0.1) is 0 Å². The van der Waals surface area contributed by atoms with Gasteiger partial charge in [-0.15, -0.1) is 0 Å². The van der Waals surface area contributed by atoms with Gasteiger partial charge in [0.25, 0.3) is 0 Å². The molecule has 0 radical (unpaired) electrons. The van der Waals surface area contributed by atoms with Crippen molar-refractivity contribution in [1.82, 2.24) is 0 Å². The second-order valence-corrected chi connectivity index (χ2v) is 14.2. The fraction of sp³-hybridized carbons (Fsp3) is 1.00. The van der Waals surface area contributed by atoms with Gasteiger partial charge in [0.15, 0.2) is 0 Å². The summed E-state index contributed by atoms with van der Waals surface area (Å²) in [7, 11) is 0. The summed E-state index contributed by atoms with van der Waals surface area (Å²) in [5, 5.41) is 0. The van der Waals surface area contributed by atoms with Crippen LogP contribution in [0.3, 0.4) is 0 Å². The van der Waals surface area contributed by atoms with Gasteiger partial charge in [-0.2, -0.15) is 0 Å². The summed E-state index contributed by atoms with van der Waals surface area (Å²) in [5.41, 5.74) is 0. The van der Waals surface area contributed by atoms with Gasteiger partial charge in [-0.1, -0.05) is 0 Å². The average Bonchev–Trinajstić information content (AvgIpc) is 2.17. The molecular weight excluding hydrogens is 270 g/mol. The second kappa shape index (κ2) is 14.4. The van der Waals surface area contributed by atoms with Crippen LogP contribution in [-0.2, 0) is 0 Å². The van der Waals surface area contributed by atoms with Crippen molar-refractivity contribution >= 4 is 38.6 Å². The summed E-state index contributed by atoms with van der Waals surface area (Å²) >= 11 is -0.967. The number of hydrogen-bond donors (Lipinski definition) is 0. The van der Waals surface area contributed by atoms with E-state index in [-0.39, 0.29) is 18.9 Å². The Hall–Kier alpha value is 1.40. The van der Waals surface area contributed by atoms with Gasteiger partial charge in [0.05, 0.1) is 0 Å². The van der Waals surface area contributed by atoms with Gasteiger partial charge >= 0.3 is 111 Å². The fourth-order valence-corrected chi connectivity index (χ4v) is 12.8. The monoisotopic (exact) mass is 300 g/mol. The Bertz CT molecular complexity index is 77.3. The molecule has 0 nitrogen and oxygen atoms in total. The van der Waals surface area contributed by atoms with E-state index in [1.54, 1.807) is 13.3 Å². The van der Waals surface area contributed by atoms with Gasteiger partial charge in [-0.05, 0) is 0 Å². The molecule has 0 heterocycles. The van der Waals surface area contributed by atoms with Gasteiger partial charge in [-0.25, -0.2) is 0 Å². The molecule has 0 aromatic rings. The van der Waals surface area contributed by atoms with E-state index < -0.39 is 19.8 Å². The first kappa shape index (κ1) is 17.8. The van der Waals surface area contributed by atoms with Crippen LogP contribution in [0.1, 0.15) is 59.3 Å². The summed E-state index contributed by atoms with van der Waals surface area (Å²) in [6.45, 7) is 7.01. The predicted molar refractivity (Wildman–Crippen MR) is 73.4 cm³/mol. The van der Waals surface area contributed by atoms with Crippen LogP contribution >= 0.6 is 0 Å². The Morgan fingerprint density at radius 2 is 0.929 bits per heavy atom. The van der Waals surface area contributed by atoms with Gasteiger partial charge in [0.2, 0.25) is 0 Å². The number of rotatable bonds is 9. The summed E-state index contributed by atoms with van der Waals surface area (Å²) in [6, 6.07) is 0. The molecule has 14 heavy (non-hydrogen) atoms. The van der Waals surface area contributed by atoms with Crippen molar-refractivity contribution in [2.45, 2.75) is 72.6 Å². The zero-order valence-corrected chi connectivity index (χ0v) is 13.2.